The number of halogens is 2. The van der Waals surface area contributed by atoms with E-state index < -0.39 is 0 Å². The summed E-state index contributed by atoms with van der Waals surface area (Å²) in [6.07, 6.45) is 3.97. The number of nitrogens with zero attached hydrogens (tertiary/aromatic N) is 2. The highest BCUT2D eigenvalue weighted by Gasteiger charge is 2.35. The van der Waals surface area contributed by atoms with Crippen molar-refractivity contribution in [1.82, 2.24) is 9.80 Å². The Bertz CT molecular complexity index is 330. The molecule has 0 aromatic heterocycles. The van der Waals surface area contributed by atoms with Crippen LogP contribution in [0.5, 0.6) is 0 Å². The van der Waals surface area contributed by atoms with Gasteiger partial charge in [0.2, 0.25) is 5.91 Å². The molecule has 4 unspecified atom stereocenters. The van der Waals surface area contributed by atoms with Crippen molar-refractivity contribution < 1.29 is 4.79 Å². The molecular weight excluding hydrogens is 309 g/mol. The van der Waals surface area contributed by atoms with Crippen LogP contribution in [-0.4, -0.2) is 54.5 Å². The fourth-order valence-corrected chi connectivity index (χ4v) is 3.77. The van der Waals surface area contributed by atoms with Gasteiger partial charge < -0.3 is 15.5 Å². The lowest BCUT2D eigenvalue weighted by atomic mass is 9.91. The second kappa shape index (κ2) is 9.19. The molecule has 0 aromatic rings. The summed E-state index contributed by atoms with van der Waals surface area (Å²) in [5.41, 5.74) is 5.93. The van der Waals surface area contributed by atoms with Crippen molar-refractivity contribution in [1.29, 1.82) is 0 Å². The number of likely N-dealkylation sites (tertiary alicyclic amines) is 1. The first-order chi connectivity index (χ1) is 9.02. The van der Waals surface area contributed by atoms with E-state index in [1.807, 2.05) is 11.9 Å². The van der Waals surface area contributed by atoms with Crippen LogP contribution in [0.2, 0.25) is 0 Å². The third kappa shape index (κ3) is 4.98. The Kier molecular flexibility index (Phi) is 9.17. The molecule has 1 heterocycles. The predicted octanol–water partition coefficient (Wildman–Crippen LogP) is 2.15. The van der Waals surface area contributed by atoms with Crippen LogP contribution in [-0.2, 0) is 4.79 Å². The van der Waals surface area contributed by atoms with Crippen LogP contribution < -0.4 is 5.73 Å². The number of nitrogens with two attached hydrogens (primary N) is 1. The van der Waals surface area contributed by atoms with Crippen molar-refractivity contribution >= 4 is 30.7 Å². The summed E-state index contributed by atoms with van der Waals surface area (Å²) >= 11 is 0. The zero-order valence-corrected chi connectivity index (χ0v) is 15.1. The molecule has 4 nitrogen and oxygen atoms in total. The van der Waals surface area contributed by atoms with Crippen LogP contribution in [0.1, 0.15) is 39.5 Å². The number of hydrogen-bond acceptors (Lipinski definition) is 3. The second-order valence-corrected chi connectivity index (χ2v) is 6.45. The highest BCUT2D eigenvalue weighted by Crippen LogP contribution is 2.29. The van der Waals surface area contributed by atoms with Crippen LogP contribution in [0.4, 0.5) is 0 Å². The van der Waals surface area contributed by atoms with E-state index in [2.05, 4.69) is 18.7 Å². The standard InChI is InChI=1S/C15H29N3O.2ClH/c1-4-18-8-7-14(11(2)10-18)17(3)15(19)12-5-6-13(16)9-12;;/h11-14H,4-10,16H2,1-3H3;2*1H. The summed E-state index contributed by atoms with van der Waals surface area (Å²) in [4.78, 5) is 17.0. The Morgan fingerprint density at radius 1 is 1.29 bits per heavy atom. The number of carbonyl (C=O) groups is 1. The van der Waals surface area contributed by atoms with E-state index in [4.69, 9.17) is 5.73 Å². The Balaban J connectivity index is 0.00000200. The quantitative estimate of drug-likeness (QED) is 0.856. The van der Waals surface area contributed by atoms with Crippen molar-refractivity contribution in [2.75, 3.05) is 26.7 Å². The van der Waals surface area contributed by atoms with E-state index >= 15 is 0 Å². The van der Waals surface area contributed by atoms with Crippen LogP contribution in [0.15, 0.2) is 0 Å². The number of piperidine rings is 1. The molecule has 0 spiro atoms. The monoisotopic (exact) mass is 339 g/mol. The summed E-state index contributed by atoms with van der Waals surface area (Å²) in [6, 6.07) is 0.647. The number of hydrogen-bond donors (Lipinski definition) is 1. The Labute approximate surface area is 141 Å². The number of amides is 1. The van der Waals surface area contributed by atoms with Gasteiger partial charge in [-0.25, -0.2) is 0 Å². The van der Waals surface area contributed by atoms with Crippen molar-refractivity contribution in [2.24, 2.45) is 17.6 Å². The molecular formula is C15H31Cl2N3O. The van der Waals surface area contributed by atoms with Gasteiger partial charge in [0.25, 0.3) is 0 Å². The minimum Gasteiger partial charge on any atom is -0.342 e. The van der Waals surface area contributed by atoms with Crippen LogP contribution in [0.3, 0.4) is 0 Å². The molecule has 1 saturated heterocycles. The van der Waals surface area contributed by atoms with Crippen molar-refractivity contribution in [2.45, 2.75) is 51.6 Å². The summed E-state index contributed by atoms with van der Waals surface area (Å²) in [7, 11) is 1.99. The third-order valence-corrected chi connectivity index (χ3v) is 5.06. The lowest BCUT2D eigenvalue weighted by Crippen LogP contribution is -2.51. The smallest absolute Gasteiger partial charge is 0.225 e. The molecule has 0 bridgehead atoms. The molecule has 2 N–H and O–H groups in total. The summed E-state index contributed by atoms with van der Waals surface area (Å²) < 4.78 is 0. The van der Waals surface area contributed by atoms with E-state index in [1.165, 1.54) is 0 Å². The molecule has 1 aliphatic carbocycles. The summed E-state index contributed by atoms with van der Waals surface area (Å²) in [6.45, 7) is 7.83. The maximum Gasteiger partial charge on any atom is 0.225 e. The average Bonchev–Trinajstić information content (AvgIpc) is 2.83. The second-order valence-electron chi connectivity index (χ2n) is 6.45. The first-order valence-electron chi connectivity index (χ1n) is 7.77. The maximum atomic E-state index is 12.5. The lowest BCUT2D eigenvalue weighted by molar-refractivity contribution is -0.138. The Morgan fingerprint density at radius 3 is 2.43 bits per heavy atom. The zero-order valence-electron chi connectivity index (χ0n) is 13.5. The van der Waals surface area contributed by atoms with Crippen molar-refractivity contribution in [3.8, 4) is 0 Å². The molecule has 4 atom stereocenters. The van der Waals surface area contributed by atoms with Gasteiger partial charge in [-0.1, -0.05) is 13.8 Å². The summed E-state index contributed by atoms with van der Waals surface area (Å²) in [5, 5.41) is 0. The molecule has 126 valence electrons. The number of rotatable bonds is 3. The van der Waals surface area contributed by atoms with E-state index in [0.717, 1.165) is 45.3 Å². The van der Waals surface area contributed by atoms with Gasteiger partial charge in [-0.3, -0.25) is 4.79 Å². The Morgan fingerprint density at radius 2 is 1.95 bits per heavy atom. The highest BCUT2D eigenvalue weighted by atomic mass is 35.5. The molecule has 1 aliphatic heterocycles. The van der Waals surface area contributed by atoms with Gasteiger partial charge in [0.15, 0.2) is 0 Å². The highest BCUT2D eigenvalue weighted by molar-refractivity contribution is 5.85. The molecule has 1 saturated carbocycles. The van der Waals surface area contributed by atoms with Gasteiger partial charge in [0, 0.05) is 38.1 Å². The molecule has 21 heavy (non-hydrogen) atoms. The summed E-state index contributed by atoms with van der Waals surface area (Å²) in [5.74, 6) is 1.07. The van der Waals surface area contributed by atoms with Gasteiger partial charge in [-0.05, 0) is 38.1 Å². The third-order valence-electron chi connectivity index (χ3n) is 5.06. The van der Waals surface area contributed by atoms with Gasteiger partial charge in [0.1, 0.15) is 0 Å². The molecule has 0 aromatic carbocycles. The van der Waals surface area contributed by atoms with E-state index in [-0.39, 0.29) is 36.8 Å². The molecule has 0 radical (unpaired) electrons. The molecule has 2 fully saturated rings. The van der Waals surface area contributed by atoms with E-state index in [9.17, 15) is 4.79 Å². The van der Waals surface area contributed by atoms with Gasteiger partial charge in [-0.15, -0.1) is 24.8 Å². The largest absolute Gasteiger partial charge is 0.342 e. The van der Waals surface area contributed by atoms with Crippen molar-refractivity contribution in [3.63, 3.8) is 0 Å². The molecule has 2 aliphatic rings. The first kappa shape index (κ1) is 21.0. The van der Waals surface area contributed by atoms with Gasteiger partial charge in [-0.2, -0.15) is 0 Å². The van der Waals surface area contributed by atoms with Gasteiger partial charge in [0.05, 0.1) is 0 Å². The van der Waals surface area contributed by atoms with E-state index in [0.29, 0.717) is 17.9 Å². The molecule has 6 heteroatoms. The average molecular weight is 340 g/mol. The van der Waals surface area contributed by atoms with Crippen LogP contribution >= 0.6 is 24.8 Å². The van der Waals surface area contributed by atoms with Gasteiger partial charge >= 0.3 is 0 Å². The van der Waals surface area contributed by atoms with Crippen LogP contribution in [0.25, 0.3) is 0 Å². The topological polar surface area (TPSA) is 49.6 Å². The lowest BCUT2D eigenvalue weighted by Gasteiger charge is -2.41. The molecule has 1 amide bonds. The number of carbonyl (C=O) groups excluding carboxylic acids is 1. The first-order valence-corrected chi connectivity index (χ1v) is 7.77. The molecule has 2 rings (SSSR count). The minimum atomic E-state index is 0. The predicted molar refractivity (Wildman–Crippen MR) is 92.3 cm³/mol. The minimum absolute atomic E-state index is 0. The van der Waals surface area contributed by atoms with Crippen LogP contribution in [0, 0.1) is 11.8 Å². The van der Waals surface area contributed by atoms with Crippen molar-refractivity contribution in [3.05, 3.63) is 0 Å². The SMILES string of the molecule is CCN1CCC(N(C)C(=O)C2CCC(N)C2)C(C)C1.Cl.Cl. The zero-order chi connectivity index (χ0) is 14.0. The fourth-order valence-electron chi connectivity index (χ4n) is 3.77. The van der Waals surface area contributed by atoms with E-state index in [1.54, 1.807) is 0 Å². The maximum absolute atomic E-state index is 12.5. The normalized spacial score (nSPS) is 33.0. The fraction of sp³-hybridized carbons (Fsp3) is 0.933. The Hall–Kier alpha value is -0.0300.